The van der Waals surface area contributed by atoms with E-state index in [-0.39, 0.29) is 5.54 Å². The molecule has 1 N–H and O–H groups in total. The average molecular weight is 295 g/mol. The molecule has 1 aliphatic rings. The van der Waals surface area contributed by atoms with Crippen molar-refractivity contribution in [2.24, 2.45) is 0 Å². The Balaban J connectivity index is 1.67. The Labute approximate surface area is 126 Å². The van der Waals surface area contributed by atoms with Crippen LogP contribution in [0.5, 0.6) is 11.5 Å². The molecule has 4 heteroatoms. The zero-order valence-electron chi connectivity index (χ0n) is 12.7. The number of ether oxygens (including phenoxy) is 2. The fourth-order valence-corrected chi connectivity index (χ4v) is 2.93. The van der Waals surface area contributed by atoms with Gasteiger partial charge in [-0.2, -0.15) is 0 Å². The van der Waals surface area contributed by atoms with Crippen molar-refractivity contribution in [3.8, 4) is 11.5 Å². The van der Waals surface area contributed by atoms with Gasteiger partial charge in [-0.3, -0.25) is 0 Å². The van der Waals surface area contributed by atoms with Crippen LogP contribution in [-0.4, -0.2) is 31.1 Å². The van der Waals surface area contributed by atoms with Crippen molar-refractivity contribution in [3.05, 3.63) is 18.2 Å². The van der Waals surface area contributed by atoms with Gasteiger partial charge in [-0.05, 0) is 64.1 Å². The molecule has 0 saturated carbocycles. The maximum absolute atomic E-state index is 5.60. The lowest BCUT2D eigenvalue weighted by molar-refractivity contribution is 0.171. The molecule has 0 amide bonds. The van der Waals surface area contributed by atoms with Crippen LogP contribution in [0, 0.1) is 0 Å². The van der Waals surface area contributed by atoms with E-state index >= 15 is 0 Å². The van der Waals surface area contributed by atoms with Crippen molar-refractivity contribution >= 4 is 11.8 Å². The summed E-state index contributed by atoms with van der Waals surface area (Å²) in [5.74, 6) is 2.90. The second-order valence-electron chi connectivity index (χ2n) is 6.04. The number of fused-ring (bicyclic) bond motifs is 1. The summed E-state index contributed by atoms with van der Waals surface area (Å²) in [6.07, 6.45) is 2.44. The fraction of sp³-hybridized carbons (Fsp3) is 0.625. The summed E-state index contributed by atoms with van der Waals surface area (Å²) in [6.45, 7) is 9.01. The van der Waals surface area contributed by atoms with E-state index in [2.05, 4.69) is 38.2 Å². The lowest BCUT2D eigenvalue weighted by Gasteiger charge is -2.20. The molecule has 0 fully saturated rings. The Morgan fingerprint density at radius 2 is 1.85 bits per heavy atom. The number of unbranched alkanes of at least 4 members (excludes halogenated alkanes) is 1. The predicted molar refractivity (Wildman–Crippen MR) is 85.1 cm³/mol. The number of rotatable bonds is 6. The zero-order chi connectivity index (χ0) is 14.4. The molecule has 0 radical (unpaired) electrons. The molecule has 0 spiro atoms. The summed E-state index contributed by atoms with van der Waals surface area (Å²) < 4.78 is 11.1. The molecule has 0 atom stereocenters. The molecule has 1 heterocycles. The quantitative estimate of drug-likeness (QED) is 0.640. The second kappa shape index (κ2) is 7.23. The summed E-state index contributed by atoms with van der Waals surface area (Å²) in [5.41, 5.74) is 0.225. The molecule has 0 bridgehead atoms. The highest BCUT2D eigenvalue weighted by Crippen LogP contribution is 2.34. The molecule has 3 nitrogen and oxygen atoms in total. The Kier molecular flexibility index (Phi) is 5.61. The molecule has 2 rings (SSSR count). The topological polar surface area (TPSA) is 30.5 Å². The third-order valence-electron chi connectivity index (χ3n) is 3.01. The van der Waals surface area contributed by atoms with Crippen LogP contribution in [-0.2, 0) is 0 Å². The highest BCUT2D eigenvalue weighted by molar-refractivity contribution is 7.99. The van der Waals surface area contributed by atoms with Gasteiger partial charge in [-0.25, -0.2) is 0 Å². The van der Waals surface area contributed by atoms with Crippen LogP contribution in [0.3, 0.4) is 0 Å². The van der Waals surface area contributed by atoms with E-state index in [9.17, 15) is 0 Å². The van der Waals surface area contributed by atoms with E-state index in [0.29, 0.717) is 13.2 Å². The maximum atomic E-state index is 5.60. The van der Waals surface area contributed by atoms with Crippen LogP contribution in [0.15, 0.2) is 23.1 Å². The first kappa shape index (κ1) is 15.5. The highest BCUT2D eigenvalue weighted by atomic mass is 32.2. The molecular formula is C16H25NO2S. The normalized spacial score (nSPS) is 14.3. The van der Waals surface area contributed by atoms with Crippen molar-refractivity contribution < 1.29 is 9.47 Å². The first-order valence-electron chi connectivity index (χ1n) is 7.32. The summed E-state index contributed by atoms with van der Waals surface area (Å²) in [6, 6.07) is 6.22. The molecular weight excluding hydrogens is 270 g/mol. The minimum Gasteiger partial charge on any atom is -0.486 e. The largest absolute Gasteiger partial charge is 0.486 e. The lowest BCUT2D eigenvalue weighted by atomic mass is 10.1. The van der Waals surface area contributed by atoms with Crippen molar-refractivity contribution in [1.29, 1.82) is 0 Å². The lowest BCUT2D eigenvalue weighted by Crippen LogP contribution is -2.36. The summed E-state index contributed by atoms with van der Waals surface area (Å²) >= 11 is 1.89. The monoisotopic (exact) mass is 295 g/mol. The van der Waals surface area contributed by atoms with Crippen LogP contribution < -0.4 is 14.8 Å². The minimum absolute atomic E-state index is 0.225. The van der Waals surface area contributed by atoms with Crippen molar-refractivity contribution in [2.45, 2.75) is 44.0 Å². The summed E-state index contributed by atoms with van der Waals surface area (Å²) in [5, 5.41) is 3.52. The van der Waals surface area contributed by atoms with E-state index in [0.717, 1.165) is 23.8 Å². The van der Waals surface area contributed by atoms with Crippen LogP contribution in [0.25, 0.3) is 0 Å². The minimum atomic E-state index is 0.225. The van der Waals surface area contributed by atoms with Crippen LogP contribution in [0.4, 0.5) is 0 Å². The summed E-state index contributed by atoms with van der Waals surface area (Å²) in [4.78, 5) is 1.26. The number of nitrogens with one attached hydrogen (secondary N) is 1. The van der Waals surface area contributed by atoms with Gasteiger partial charge in [0.15, 0.2) is 11.5 Å². The Morgan fingerprint density at radius 1 is 1.10 bits per heavy atom. The van der Waals surface area contributed by atoms with Gasteiger partial charge in [0.25, 0.3) is 0 Å². The van der Waals surface area contributed by atoms with Crippen LogP contribution in [0.2, 0.25) is 0 Å². The molecule has 20 heavy (non-hydrogen) atoms. The molecule has 0 unspecified atom stereocenters. The first-order valence-corrected chi connectivity index (χ1v) is 8.31. The number of benzene rings is 1. The SMILES string of the molecule is CC(C)(C)NCCCCSc1ccc2c(c1)OCCO2. The standard InChI is InChI=1S/C16H25NO2S/c1-16(2,3)17-8-4-5-11-20-13-6-7-14-15(12-13)19-10-9-18-14/h6-7,12,17H,4-5,8-11H2,1-3H3. The molecule has 0 saturated heterocycles. The van der Waals surface area contributed by atoms with Crippen LogP contribution in [0.1, 0.15) is 33.6 Å². The number of hydrogen-bond donors (Lipinski definition) is 1. The van der Waals surface area contributed by atoms with Gasteiger partial charge < -0.3 is 14.8 Å². The van der Waals surface area contributed by atoms with Crippen molar-refractivity contribution in [2.75, 3.05) is 25.5 Å². The van der Waals surface area contributed by atoms with Crippen LogP contribution >= 0.6 is 11.8 Å². The third-order valence-corrected chi connectivity index (χ3v) is 4.09. The van der Waals surface area contributed by atoms with E-state index in [1.54, 1.807) is 0 Å². The first-order chi connectivity index (χ1) is 9.54. The Hall–Kier alpha value is -0.870. The van der Waals surface area contributed by atoms with E-state index in [1.807, 2.05) is 17.8 Å². The number of thioether (sulfide) groups is 1. The predicted octanol–water partition coefficient (Wildman–Crippen LogP) is 3.72. The molecule has 1 aromatic carbocycles. The molecule has 1 aromatic rings. The van der Waals surface area contributed by atoms with Gasteiger partial charge in [-0.1, -0.05) is 0 Å². The van der Waals surface area contributed by atoms with Crippen molar-refractivity contribution in [1.82, 2.24) is 5.32 Å². The average Bonchev–Trinajstić information content (AvgIpc) is 2.41. The second-order valence-corrected chi connectivity index (χ2v) is 7.21. The van der Waals surface area contributed by atoms with Gasteiger partial charge in [0.1, 0.15) is 13.2 Å². The van der Waals surface area contributed by atoms with Gasteiger partial charge in [-0.15, -0.1) is 11.8 Å². The van der Waals surface area contributed by atoms with Gasteiger partial charge in [0.2, 0.25) is 0 Å². The maximum Gasteiger partial charge on any atom is 0.162 e. The highest BCUT2D eigenvalue weighted by Gasteiger charge is 2.11. The van der Waals surface area contributed by atoms with Gasteiger partial charge >= 0.3 is 0 Å². The molecule has 112 valence electrons. The van der Waals surface area contributed by atoms with E-state index in [1.165, 1.54) is 17.7 Å². The smallest absolute Gasteiger partial charge is 0.162 e. The Morgan fingerprint density at radius 3 is 2.60 bits per heavy atom. The third kappa shape index (κ3) is 5.25. The molecule has 1 aliphatic heterocycles. The van der Waals surface area contributed by atoms with Crippen molar-refractivity contribution in [3.63, 3.8) is 0 Å². The molecule has 0 aromatic heterocycles. The van der Waals surface area contributed by atoms with E-state index in [4.69, 9.17) is 9.47 Å². The number of hydrogen-bond acceptors (Lipinski definition) is 4. The molecule has 0 aliphatic carbocycles. The summed E-state index contributed by atoms with van der Waals surface area (Å²) in [7, 11) is 0. The van der Waals surface area contributed by atoms with Gasteiger partial charge in [0.05, 0.1) is 0 Å². The van der Waals surface area contributed by atoms with Gasteiger partial charge in [0, 0.05) is 10.4 Å². The van der Waals surface area contributed by atoms with E-state index < -0.39 is 0 Å². The Bertz CT molecular complexity index is 429. The fourth-order valence-electron chi connectivity index (χ4n) is 1.99. The zero-order valence-corrected chi connectivity index (χ0v) is 13.5.